The summed E-state index contributed by atoms with van der Waals surface area (Å²) in [4.78, 5) is 24.3. The van der Waals surface area contributed by atoms with Crippen LogP contribution in [0, 0.1) is 0 Å². The van der Waals surface area contributed by atoms with E-state index in [-0.39, 0.29) is 12.4 Å². The number of ether oxygens (including phenoxy) is 3. The van der Waals surface area contributed by atoms with Gasteiger partial charge in [-0.2, -0.15) is 13.2 Å². The van der Waals surface area contributed by atoms with Crippen molar-refractivity contribution in [2.75, 3.05) is 12.1 Å². The molecule has 1 N–H and O–H groups in total. The maximum atomic E-state index is 13.0. The summed E-state index contributed by atoms with van der Waals surface area (Å²) in [6, 6.07) is 8.87. The van der Waals surface area contributed by atoms with Gasteiger partial charge in [-0.05, 0) is 37.3 Å². The van der Waals surface area contributed by atoms with Crippen LogP contribution < -0.4 is 14.8 Å². The fourth-order valence-corrected chi connectivity index (χ4v) is 2.38. The third kappa shape index (κ3) is 4.13. The van der Waals surface area contributed by atoms with Crippen LogP contribution >= 0.6 is 0 Å². The minimum Gasteiger partial charge on any atom is -0.454 e. The number of nitrogens with one attached hydrogen (secondary N) is 1. The van der Waals surface area contributed by atoms with Gasteiger partial charge < -0.3 is 19.5 Å². The van der Waals surface area contributed by atoms with Crippen LogP contribution in [0.3, 0.4) is 0 Å². The molecule has 0 radical (unpaired) electrons. The van der Waals surface area contributed by atoms with Gasteiger partial charge in [0.2, 0.25) is 6.79 Å². The molecule has 1 atom stereocenters. The molecular formula is C18H14F3NO5. The lowest BCUT2D eigenvalue weighted by molar-refractivity contribution is -0.137. The first-order chi connectivity index (χ1) is 12.8. The molecule has 2 aromatic carbocycles. The molecule has 0 bridgehead atoms. The van der Waals surface area contributed by atoms with Crippen molar-refractivity contribution in [2.24, 2.45) is 0 Å². The largest absolute Gasteiger partial charge is 0.454 e. The number of carbonyl (C=O) groups is 2. The number of benzene rings is 2. The topological polar surface area (TPSA) is 73.9 Å². The predicted octanol–water partition coefficient (Wildman–Crippen LogP) is 3.62. The van der Waals surface area contributed by atoms with Crippen LogP contribution in [0.2, 0.25) is 0 Å². The fourth-order valence-electron chi connectivity index (χ4n) is 2.38. The summed E-state index contributed by atoms with van der Waals surface area (Å²) in [7, 11) is 0. The smallest absolute Gasteiger partial charge is 0.418 e. The van der Waals surface area contributed by atoms with Crippen LogP contribution in [0.1, 0.15) is 22.8 Å². The summed E-state index contributed by atoms with van der Waals surface area (Å²) < 4.78 is 54.2. The van der Waals surface area contributed by atoms with E-state index in [9.17, 15) is 22.8 Å². The van der Waals surface area contributed by atoms with Crippen LogP contribution in [-0.2, 0) is 15.7 Å². The van der Waals surface area contributed by atoms with Crippen LogP contribution in [0.4, 0.5) is 18.9 Å². The molecule has 0 aliphatic carbocycles. The molecule has 6 nitrogen and oxygen atoms in total. The van der Waals surface area contributed by atoms with Gasteiger partial charge in [0.15, 0.2) is 17.6 Å². The van der Waals surface area contributed by atoms with Crippen molar-refractivity contribution in [1.29, 1.82) is 0 Å². The molecular weight excluding hydrogens is 367 g/mol. The van der Waals surface area contributed by atoms with E-state index in [1.54, 1.807) is 0 Å². The summed E-state index contributed by atoms with van der Waals surface area (Å²) in [5, 5.41) is 2.13. The summed E-state index contributed by atoms with van der Waals surface area (Å²) in [6.07, 6.45) is -5.94. The molecule has 3 rings (SSSR count). The summed E-state index contributed by atoms with van der Waals surface area (Å²) in [6.45, 7) is 1.29. The van der Waals surface area contributed by atoms with Crippen molar-refractivity contribution < 1.29 is 37.0 Å². The van der Waals surface area contributed by atoms with Gasteiger partial charge >= 0.3 is 12.1 Å². The number of halogens is 3. The number of esters is 1. The molecule has 0 aromatic heterocycles. The van der Waals surface area contributed by atoms with E-state index in [2.05, 4.69) is 5.32 Å². The van der Waals surface area contributed by atoms with Crippen molar-refractivity contribution >= 4 is 17.6 Å². The molecule has 1 aliphatic rings. The van der Waals surface area contributed by atoms with Crippen LogP contribution in [0.5, 0.6) is 11.5 Å². The lowest BCUT2D eigenvalue weighted by Gasteiger charge is -2.17. The van der Waals surface area contributed by atoms with Crippen molar-refractivity contribution in [1.82, 2.24) is 0 Å². The molecule has 1 amide bonds. The van der Waals surface area contributed by atoms with Crippen molar-refractivity contribution in [3.63, 3.8) is 0 Å². The summed E-state index contributed by atoms with van der Waals surface area (Å²) in [5.74, 6) is -0.873. The number of amides is 1. The summed E-state index contributed by atoms with van der Waals surface area (Å²) >= 11 is 0. The first-order valence-corrected chi connectivity index (χ1v) is 7.83. The minimum atomic E-state index is -4.63. The maximum Gasteiger partial charge on any atom is 0.418 e. The Hall–Kier alpha value is -3.23. The highest BCUT2D eigenvalue weighted by Gasteiger charge is 2.34. The van der Waals surface area contributed by atoms with Gasteiger partial charge in [-0.1, -0.05) is 12.1 Å². The van der Waals surface area contributed by atoms with Crippen molar-refractivity contribution in [2.45, 2.75) is 19.2 Å². The first-order valence-electron chi connectivity index (χ1n) is 7.83. The number of hydrogen-bond acceptors (Lipinski definition) is 5. The number of hydrogen-bond donors (Lipinski definition) is 1. The average molecular weight is 381 g/mol. The molecule has 0 fully saturated rings. The number of carbonyl (C=O) groups excluding carboxylic acids is 2. The molecule has 0 spiro atoms. The Morgan fingerprint density at radius 3 is 2.56 bits per heavy atom. The maximum absolute atomic E-state index is 13.0. The Kier molecular flexibility index (Phi) is 4.93. The van der Waals surface area contributed by atoms with Crippen LogP contribution in [0.15, 0.2) is 42.5 Å². The number of fused-ring (bicyclic) bond motifs is 1. The molecule has 9 heteroatoms. The second-order valence-corrected chi connectivity index (χ2v) is 5.65. The van der Waals surface area contributed by atoms with Gasteiger partial charge in [0, 0.05) is 0 Å². The molecule has 2 aromatic rings. The highest BCUT2D eigenvalue weighted by Crippen LogP contribution is 2.35. The van der Waals surface area contributed by atoms with Gasteiger partial charge in [0.1, 0.15) is 0 Å². The van der Waals surface area contributed by atoms with Gasteiger partial charge in [0.05, 0.1) is 16.8 Å². The zero-order valence-corrected chi connectivity index (χ0v) is 14.0. The molecule has 0 saturated carbocycles. The van der Waals surface area contributed by atoms with E-state index in [4.69, 9.17) is 14.2 Å². The molecule has 27 heavy (non-hydrogen) atoms. The normalized spacial score (nSPS) is 13.8. The standard InChI is InChI=1S/C18H14F3NO5/c1-10(16(23)22-13-5-3-2-4-12(13)18(19,20)21)27-17(24)11-6-7-14-15(8-11)26-9-25-14/h2-8,10H,9H2,1H3,(H,22,23)/t10-/m1/s1. The number of alkyl halides is 3. The lowest BCUT2D eigenvalue weighted by Crippen LogP contribution is -2.30. The summed E-state index contributed by atoms with van der Waals surface area (Å²) in [5.41, 5.74) is -1.29. The predicted molar refractivity (Wildman–Crippen MR) is 87.5 cm³/mol. The van der Waals surface area contributed by atoms with Gasteiger partial charge in [-0.15, -0.1) is 0 Å². The fraction of sp³-hybridized carbons (Fsp3) is 0.222. The van der Waals surface area contributed by atoms with Crippen LogP contribution in [-0.4, -0.2) is 24.8 Å². The van der Waals surface area contributed by atoms with E-state index < -0.39 is 35.4 Å². The van der Waals surface area contributed by atoms with Gasteiger partial charge in [0.25, 0.3) is 5.91 Å². The first kappa shape index (κ1) is 18.6. The van der Waals surface area contributed by atoms with Crippen molar-refractivity contribution in [3.8, 4) is 11.5 Å². The van der Waals surface area contributed by atoms with E-state index in [1.807, 2.05) is 0 Å². The molecule has 0 saturated heterocycles. The van der Waals surface area contributed by atoms with E-state index >= 15 is 0 Å². The number of para-hydroxylation sites is 1. The van der Waals surface area contributed by atoms with Gasteiger partial charge in [-0.3, -0.25) is 4.79 Å². The average Bonchev–Trinajstić information content (AvgIpc) is 3.08. The third-order valence-corrected chi connectivity index (χ3v) is 3.75. The molecule has 0 unspecified atom stereocenters. The Labute approximate surface area is 151 Å². The Bertz CT molecular complexity index is 882. The third-order valence-electron chi connectivity index (χ3n) is 3.75. The number of anilines is 1. The monoisotopic (exact) mass is 381 g/mol. The lowest BCUT2D eigenvalue weighted by atomic mass is 10.1. The second-order valence-electron chi connectivity index (χ2n) is 5.65. The van der Waals surface area contributed by atoms with E-state index in [1.165, 1.54) is 37.3 Å². The van der Waals surface area contributed by atoms with Crippen molar-refractivity contribution in [3.05, 3.63) is 53.6 Å². The zero-order valence-electron chi connectivity index (χ0n) is 14.0. The van der Waals surface area contributed by atoms with Gasteiger partial charge in [-0.25, -0.2) is 4.79 Å². The Morgan fingerprint density at radius 1 is 1.11 bits per heavy atom. The highest BCUT2D eigenvalue weighted by molar-refractivity contribution is 5.98. The Morgan fingerprint density at radius 2 is 1.81 bits per heavy atom. The molecule has 1 aliphatic heterocycles. The number of rotatable bonds is 4. The Balaban J connectivity index is 1.67. The molecule has 142 valence electrons. The SMILES string of the molecule is C[C@@H](OC(=O)c1ccc2c(c1)OCO2)C(=O)Nc1ccccc1C(F)(F)F. The van der Waals surface area contributed by atoms with E-state index in [0.29, 0.717) is 11.5 Å². The molecule has 1 heterocycles. The van der Waals surface area contributed by atoms with E-state index in [0.717, 1.165) is 12.1 Å². The minimum absolute atomic E-state index is 0.0330. The second kappa shape index (κ2) is 7.18. The highest BCUT2D eigenvalue weighted by atomic mass is 19.4. The quantitative estimate of drug-likeness (QED) is 0.819. The van der Waals surface area contributed by atoms with Crippen LogP contribution in [0.25, 0.3) is 0 Å². The zero-order chi connectivity index (χ0) is 19.6.